The minimum Gasteiger partial charge on any atom is -0.454 e. The van der Waals surface area contributed by atoms with E-state index in [1.54, 1.807) is 13.1 Å². The van der Waals surface area contributed by atoms with Gasteiger partial charge < -0.3 is 24.8 Å². The molecule has 1 aromatic heterocycles. The largest absolute Gasteiger partial charge is 0.454 e. The average Bonchev–Trinajstić information content (AvgIpc) is 3.22. The van der Waals surface area contributed by atoms with Crippen LogP contribution in [0.1, 0.15) is 22.5 Å². The number of halogens is 2. The number of hydrogen-bond acceptors (Lipinski definition) is 5. The van der Waals surface area contributed by atoms with Crippen molar-refractivity contribution in [3.8, 4) is 17.2 Å². The van der Waals surface area contributed by atoms with Crippen molar-refractivity contribution < 1.29 is 23.0 Å². The zero-order chi connectivity index (χ0) is 21.0. The van der Waals surface area contributed by atoms with Crippen molar-refractivity contribution in [1.29, 1.82) is 0 Å². The van der Waals surface area contributed by atoms with E-state index in [9.17, 15) is 8.78 Å². The van der Waals surface area contributed by atoms with E-state index in [2.05, 4.69) is 25.5 Å². The lowest BCUT2D eigenvalue weighted by Gasteiger charge is -2.15. The molecule has 1 aromatic carbocycles. The molecule has 10 heteroatoms. The van der Waals surface area contributed by atoms with Gasteiger partial charge >= 0.3 is 6.61 Å². The molecule has 29 heavy (non-hydrogen) atoms. The van der Waals surface area contributed by atoms with Crippen LogP contribution in [0, 0.1) is 13.8 Å². The van der Waals surface area contributed by atoms with Gasteiger partial charge in [-0.3, -0.25) is 9.67 Å². The molecule has 0 radical (unpaired) electrons. The van der Waals surface area contributed by atoms with E-state index < -0.39 is 6.61 Å². The predicted molar refractivity (Wildman–Crippen MR) is 104 cm³/mol. The minimum atomic E-state index is -2.93. The predicted octanol–water partition coefficient (Wildman–Crippen LogP) is 2.27. The fourth-order valence-corrected chi connectivity index (χ4v) is 3.19. The van der Waals surface area contributed by atoms with Crippen LogP contribution in [0.3, 0.4) is 0 Å². The Kier molecular flexibility index (Phi) is 6.40. The lowest BCUT2D eigenvalue weighted by Crippen LogP contribution is -2.38. The molecule has 0 spiro atoms. The number of fused-ring (bicyclic) bond motifs is 1. The summed E-state index contributed by atoms with van der Waals surface area (Å²) >= 11 is 0. The summed E-state index contributed by atoms with van der Waals surface area (Å²) in [5, 5.41) is 10.7. The van der Waals surface area contributed by atoms with Crippen molar-refractivity contribution in [2.45, 2.75) is 33.4 Å². The molecule has 0 aliphatic carbocycles. The zero-order valence-electron chi connectivity index (χ0n) is 16.9. The quantitative estimate of drug-likeness (QED) is 0.539. The number of benzene rings is 1. The number of aromatic nitrogens is 2. The van der Waals surface area contributed by atoms with E-state index in [0.29, 0.717) is 29.6 Å². The van der Waals surface area contributed by atoms with Gasteiger partial charge in [-0.2, -0.15) is 13.9 Å². The topological polar surface area (TPSA) is 81.9 Å². The van der Waals surface area contributed by atoms with Gasteiger partial charge in [0.1, 0.15) is 5.75 Å². The Morgan fingerprint density at radius 2 is 2.00 bits per heavy atom. The van der Waals surface area contributed by atoms with Crippen molar-refractivity contribution in [3.05, 3.63) is 34.6 Å². The van der Waals surface area contributed by atoms with Gasteiger partial charge in [-0.15, -0.1) is 0 Å². The number of ether oxygens (including phenoxy) is 3. The van der Waals surface area contributed by atoms with E-state index in [0.717, 1.165) is 17.8 Å². The first-order valence-corrected chi connectivity index (χ1v) is 9.20. The van der Waals surface area contributed by atoms with Gasteiger partial charge in [0, 0.05) is 44.5 Å². The molecular weight excluding hydrogens is 384 g/mol. The van der Waals surface area contributed by atoms with E-state index in [1.165, 1.54) is 11.6 Å². The SMILES string of the molecule is CN=C(NCCc1c(C)nn(C)c1C)NCc1cc2c(cc1OC(F)F)OCO2. The van der Waals surface area contributed by atoms with Crippen LogP contribution in [0.25, 0.3) is 0 Å². The van der Waals surface area contributed by atoms with Crippen molar-refractivity contribution in [1.82, 2.24) is 20.4 Å². The molecule has 2 heterocycles. The summed E-state index contributed by atoms with van der Waals surface area (Å²) in [6.45, 7) is 2.01. The Labute approximate surface area is 167 Å². The third kappa shape index (κ3) is 4.87. The molecule has 1 aliphatic heterocycles. The highest BCUT2D eigenvalue weighted by molar-refractivity contribution is 5.79. The molecule has 0 bridgehead atoms. The van der Waals surface area contributed by atoms with Gasteiger partial charge in [0.15, 0.2) is 17.5 Å². The summed E-state index contributed by atoms with van der Waals surface area (Å²) in [7, 11) is 3.57. The van der Waals surface area contributed by atoms with Crippen LogP contribution in [0.5, 0.6) is 17.2 Å². The number of nitrogens with zero attached hydrogens (tertiary/aromatic N) is 3. The van der Waals surface area contributed by atoms with Gasteiger partial charge in [0.25, 0.3) is 0 Å². The molecule has 0 atom stereocenters. The fourth-order valence-electron chi connectivity index (χ4n) is 3.19. The molecule has 8 nitrogen and oxygen atoms in total. The second-order valence-corrected chi connectivity index (χ2v) is 6.57. The Balaban J connectivity index is 1.60. The third-order valence-corrected chi connectivity index (χ3v) is 4.77. The highest BCUT2D eigenvalue weighted by Gasteiger charge is 2.20. The maximum absolute atomic E-state index is 12.8. The van der Waals surface area contributed by atoms with Crippen LogP contribution in [-0.4, -0.2) is 42.7 Å². The van der Waals surface area contributed by atoms with Gasteiger partial charge in [0.05, 0.1) is 5.69 Å². The van der Waals surface area contributed by atoms with E-state index in [1.807, 2.05) is 25.6 Å². The third-order valence-electron chi connectivity index (χ3n) is 4.77. The molecule has 3 rings (SSSR count). The second kappa shape index (κ2) is 8.97. The maximum Gasteiger partial charge on any atom is 0.387 e. The number of aryl methyl sites for hydroxylation is 2. The van der Waals surface area contributed by atoms with Crippen molar-refractivity contribution in [2.24, 2.45) is 12.0 Å². The Hall–Kier alpha value is -3.04. The average molecular weight is 409 g/mol. The first-order valence-electron chi connectivity index (χ1n) is 9.20. The highest BCUT2D eigenvalue weighted by Crippen LogP contribution is 2.38. The smallest absolute Gasteiger partial charge is 0.387 e. The van der Waals surface area contributed by atoms with Crippen molar-refractivity contribution in [2.75, 3.05) is 20.4 Å². The molecule has 0 saturated carbocycles. The highest BCUT2D eigenvalue weighted by atomic mass is 19.3. The molecular formula is C19H25F2N5O3. The molecule has 0 saturated heterocycles. The number of rotatable bonds is 7. The monoisotopic (exact) mass is 409 g/mol. The van der Waals surface area contributed by atoms with Crippen LogP contribution in [0.4, 0.5) is 8.78 Å². The molecule has 2 N–H and O–H groups in total. The number of hydrogen-bond donors (Lipinski definition) is 2. The lowest BCUT2D eigenvalue weighted by molar-refractivity contribution is -0.0505. The standard InChI is InChI=1S/C19H25F2N5O3/c1-11-14(12(2)26(4)25-11)5-6-23-19(22-3)24-9-13-7-16-17(28-10-27-16)8-15(13)29-18(20)21/h7-8,18H,5-6,9-10H2,1-4H3,(H2,22,23,24). The van der Waals surface area contributed by atoms with E-state index in [-0.39, 0.29) is 19.1 Å². The summed E-state index contributed by atoms with van der Waals surface area (Å²) in [5.41, 5.74) is 3.83. The maximum atomic E-state index is 12.8. The van der Waals surface area contributed by atoms with Crippen molar-refractivity contribution in [3.63, 3.8) is 0 Å². The van der Waals surface area contributed by atoms with Crippen LogP contribution in [0.15, 0.2) is 17.1 Å². The number of nitrogens with one attached hydrogen (secondary N) is 2. The minimum absolute atomic E-state index is 0.0359. The normalized spacial score (nSPS) is 13.1. The number of aliphatic imine (C=N–C) groups is 1. The molecule has 2 aromatic rings. The summed E-state index contributed by atoms with van der Waals surface area (Å²) in [6.07, 6.45) is 0.788. The summed E-state index contributed by atoms with van der Waals surface area (Å²) in [6, 6.07) is 3.04. The molecule has 0 fully saturated rings. The van der Waals surface area contributed by atoms with Crippen LogP contribution < -0.4 is 24.8 Å². The van der Waals surface area contributed by atoms with E-state index in [4.69, 9.17) is 9.47 Å². The van der Waals surface area contributed by atoms with Gasteiger partial charge in [-0.05, 0) is 31.9 Å². The number of alkyl halides is 2. The summed E-state index contributed by atoms with van der Waals surface area (Å²) < 4.78 is 42.5. The second-order valence-electron chi connectivity index (χ2n) is 6.57. The van der Waals surface area contributed by atoms with Gasteiger partial charge in [-0.1, -0.05) is 0 Å². The van der Waals surface area contributed by atoms with E-state index >= 15 is 0 Å². The van der Waals surface area contributed by atoms with Crippen LogP contribution >= 0.6 is 0 Å². The molecule has 158 valence electrons. The van der Waals surface area contributed by atoms with Crippen LogP contribution in [-0.2, 0) is 20.0 Å². The van der Waals surface area contributed by atoms with Crippen LogP contribution in [0.2, 0.25) is 0 Å². The Morgan fingerprint density at radius 1 is 1.28 bits per heavy atom. The summed E-state index contributed by atoms with van der Waals surface area (Å²) in [5.74, 6) is 1.46. The molecule has 0 unspecified atom stereocenters. The fraction of sp³-hybridized carbons (Fsp3) is 0.474. The zero-order valence-corrected chi connectivity index (χ0v) is 16.9. The molecule has 0 amide bonds. The first kappa shape index (κ1) is 20.7. The lowest BCUT2D eigenvalue weighted by atomic mass is 10.1. The Morgan fingerprint density at radius 3 is 2.62 bits per heavy atom. The summed E-state index contributed by atoms with van der Waals surface area (Å²) in [4.78, 5) is 4.18. The molecule has 1 aliphatic rings. The number of guanidine groups is 1. The van der Waals surface area contributed by atoms with Gasteiger partial charge in [-0.25, -0.2) is 0 Å². The Bertz CT molecular complexity index is 898. The first-order chi connectivity index (χ1) is 13.9. The van der Waals surface area contributed by atoms with Gasteiger partial charge in [0.2, 0.25) is 6.79 Å². The van der Waals surface area contributed by atoms with Crippen molar-refractivity contribution >= 4 is 5.96 Å².